The lowest BCUT2D eigenvalue weighted by atomic mass is 9.92. The number of alkyl halides is 1. The molecular weight excluding hydrogens is 315 g/mol. The predicted octanol–water partition coefficient (Wildman–Crippen LogP) is 3.88. The van der Waals surface area contributed by atoms with E-state index in [0.717, 1.165) is 31.9 Å². The number of aromatic nitrogens is 3. The van der Waals surface area contributed by atoms with Crippen LogP contribution in [-0.2, 0) is 12.0 Å². The third-order valence-electron chi connectivity index (χ3n) is 5.24. The van der Waals surface area contributed by atoms with Gasteiger partial charge in [0.05, 0.1) is 0 Å². The van der Waals surface area contributed by atoms with Crippen molar-refractivity contribution in [3.8, 4) is 5.82 Å². The zero-order chi connectivity index (χ0) is 18.2. The third-order valence-corrected chi connectivity index (χ3v) is 5.24. The molecule has 3 heterocycles. The van der Waals surface area contributed by atoms with Crippen LogP contribution in [0.3, 0.4) is 0 Å². The van der Waals surface area contributed by atoms with Crippen molar-refractivity contribution in [2.45, 2.75) is 53.0 Å². The van der Waals surface area contributed by atoms with Gasteiger partial charge in [0.15, 0.2) is 5.82 Å². The highest BCUT2D eigenvalue weighted by molar-refractivity contribution is 5.34. The van der Waals surface area contributed by atoms with Crippen LogP contribution in [0.1, 0.15) is 44.3 Å². The first kappa shape index (κ1) is 18.2. The quantitative estimate of drug-likeness (QED) is 0.821. The SMILES string of the molecule is Cc1ccc(C)n1-c1cc(C(C)(C)C)n(C[C@@H]2CCN(CCF)C2)n1. The summed E-state index contributed by atoms with van der Waals surface area (Å²) in [6.07, 6.45) is 1.13. The molecule has 4 nitrogen and oxygen atoms in total. The van der Waals surface area contributed by atoms with E-state index < -0.39 is 0 Å². The van der Waals surface area contributed by atoms with Crippen molar-refractivity contribution in [1.82, 2.24) is 19.2 Å². The molecule has 1 aliphatic heterocycles. The molecule has 2 aromatic heterocycles. The molecule has 5 heteroatoms. The van der Waals surface area contributed by atoms with Crippen LogP contribution in [0.25, 0.3) is 5.82 Å². The molecule has 0 radical (unpaired) electrons. The number of nitrogens with zero attached hydrogens (tertiary/aromatic N) is 4. The van der Waals surface area contributed by atoms with Crippen LogP contribution in [0.2, 0.25) is 0 Å². The molecule has 3 rings (SSSR count). The van der Waals surface area contributed by atoms with E-state index in [1.807, 2.05) is 0 Å². The van der Waals surface area contributed by atoms with E-state index in [0.29, 0.717) is 12.5 Å². The summed E-state index contributed by atoms with van der Waals surface area (Å²) in [6, 6.07) is 6.50. The molecule has 0 bridgehead atoms. The van der Waals surface area contributed by atoms with Gasteiger partial charge in [0, 0.05) is 48.2 Å². The topological polar surface area (TPSA) is 26.0 Å². The second-order valence-electron chi connectivity index (χ2n) is 8.42. The van der Waals surface area contributed by atoms with Crippen molar-refractivity contribution in [2.24, 2.45) is 5.92 Å². The van der Waals surface area contributed by atoms with Gasteiger partial charge in [0.25, 0.3) is 0 Å². The second-order valence-corrected chi connectivity index (χ2v) is 8.42. The highest BCUT2D eigenvalue weighted by Gasteiger charge is 2.27. The molecule has 0 aromatic carbocycles. The highest BCUT2D eigenvalue weighted by atomic mass is 19.1. The van der Waals surface area contributed by atoms with Crippen LogP contribution in [0.5, 0.6) is 0 Å². The minimum Gasteiger partial charge on any atom is -0.302 e. The molecule has 2 aromatic rings. The molecule has 25 heavy (non-hydrogen) atoms. The van der Waals surface area contributed by atoms with Crippen molar-refractivity contribution in [3.05, 3.63) is 35.3 Å². The molecule has 1 atom stereocenters. The van der Waals surface area contributed by atoms with Gasteiger partial charge in [-0.15, -0.1) is 0 Å². The Bertz CT molecular complexity index is 703. The Hall–Kier alpha value is -1.62. The number of aryl methyl sites for hydroxylation is 2. The maximum absolute atomic E-state index is 12.6. The first-order chi connectivity index (χ1) is 11.8. The first-order valence-electron chi connectivity index (χ1n) is 9.31. The minimum absolute atomic E-state index is 0.0391. The fourth-order valence-corrected chi connectivity index (χ4v) is 3.91. The molecule has 1 aliphatic rings. The van der Waals surface area contributed by atoms with Crippen LogP contribution >= 0.6 is 0 Å². The lowest BCUT2D eigenvalue weighted by Crippen LogP contribution is -2.26. The summed E-state index contributed by atoms with van der Waals surface area (Å²) in [4.78, 5) is 2.23. The molecule has 138 valence electrons. The lowest BCUT2D eigenvalue weighted by molar-refractivity contribution is 0.280. The van der Waals surface area contributed by atoms with Crippen molar-refractivity contribution < 1.29 is 4.39 Å². The summed E-state index contributed by atoms with van der Waals surface area (Å²) in [5.74, 6) is 1.55. The van der Waals surface area contributed by atoms with Crippen LogP contribution in [-0.4, -0.2) is 45.6 Å². The van der Waals surface area contributed by atoms with Gasteiger partial charge in [-0.1, -0.05) is 20.8 Å². The molecular formula is C20H31FN4. The average Bonchev–Trinajstić information content (AvgIpc) is 3.20. The standard InChI is InChI=1S/C20H31FN4/c1-15-6-7-16(2)25(15)19-12-18(20(3,4)5)24(22-19)14-17-8-10-23(13-17)11-9-21/h6-7,12,17H,8-11,13-14H2,1-5H3/t17-/m1/s1. The monoisotopic (exact) mass is 346 g/mol. The molecule has 0 N–H and O–H groups in total. The third kappa shape index (κ3) is 3.81. The van der Waals surface area contributed by atoms with Gasteiger partial charge in [-0.25, -0.2) is 4.39 Å². The van der Waals surface area contributed by atoms with E-state index in [9.17, 15) is 4.39 Å². The summed E-state index contributed by atoms with van der Waals surface area (Å²) in [6.45, 7) is 14.2. The number of hydrogen-bond donors (Lipinski definition) is 0. The largest absolute Gasteiger partial charge is 0.302 e. The molecule has 1 saturated heterocycles. The summed E-state index contributed by atoms with van der Waals surface area (Å²) >= 11 is 0. The Balaban J connectivity index is 1.88. The van der Waals surface area contributed by atoms with E-state index in [2.05, 4.69) is 67.0 Å². The summed E-state index contributed by atoms with van der Waals surface area (Å²) < 4.78 is 17.0. The molecule has 0 unspecified atom stereocenters. The van der Waals surface area contributed by atoms with E-state index in [-0.39, 0.29) is 12.1 Å². The fraction of sp³-hybridized carbons (Fsp3) is 0.650. The maximum Gasteiger partial charge on any atom is 0.159 e. The normalized spacial score (nSPS) is 19.0. The first-order valence-corrected chi connectivity index (χ1v) is 9.31. The van der Waals surface area contributed by atoms with Gasteiger partial charge in [0.2, 0.25) is 0 Å². The molecule has 0 amide bonds. The van der Waals surface area contributed by atoms with Crippen molar-refractivity contribution in [2.75, 3.05) is 26.3 Å². The van der Waals surface area contributed by atoms with Crippen LogP contribution in [0, 0.1) is 19.8 Å². The number of likely N-dealkylation sites (tertiary alicyclic amines) is 1. The Labute approximate surface area is 150 Å². The van der Waals surface area contributed by atoms with Gasteiger partial charge >= 0.3 is 0 Å². The van der Waals surface area contributed by atoms with Gasteiger partial charge < -0.3 is 9.47 Å². The Morgan fingerprint density at radius 3 is 2.48 bits per heavy atom. The second kappa shape index (κ2) is 6.94. The Kier molecular flexibility index (Phi) is 5.05. The van der Waals surface area contributed by atoms with Crippen molar-refractivity contribution in [1.29, 1.82) is 0 Å². The van der Waals surface area contributed by atoms with Gasteiger partial charge in [0.1, 0.15) is 6.67 Å². The van der Waals surface area contributed by atoms with Crippen LogP contribution in [0.4, 0.5) is 4.39 Å². The highest BCUT2D eigenvalue weighted by Crippen LogP contribution is 2.28. The minimum atomic E-state index is -0.252. The zero-order valence-electron chi connectivity index (χ0n) is 16.2. The maximum atomic E-state index is 12.6. The Morgan fingerprint density at radius 2 is 1.88 bits per heavy atom. The molecule has 0 aliphatic carbocycles. The predicted molar refractivity (Wildman–Crippen MR) is 100 cm³/mol. The average molecular weight is 346 g/mol. The molecule has 0 spiro atoms. The number of rotatable bonds is 5. The van der Waals surface area contributed by atoms with Crippen molar-refractivity contribution in [3.63, 3.8) is 0 Å². The van der Waals surface area contributed by atoms with Crippen LogP contribution in [0.15, 0.2) is 18.2 Å². The zero-order valence-corrected chi connectivity index (χ0v) is 16.2. The van der Waals surface area contributed by atoms with Crippen molar-refractivity contribution >= 4 is 0 Å². The molecule has 0 saturated carbocycles. The summed E-state index contributed by atoms with van der Waals surface area (Å²) in [5.41, 5.74) is 3.71. The van der Waals surface area contributed by atoms with E-state index in [4.69, 9.17) is 5.10 Å². The van der Waals surface area contributed by atoms with E-state index >= 15 is 0 Å². The lowest BCUT2D eigenvalue weighted by Gasteiger charge is -2.22. The van der Waals surface area contributed by atoms with Crippen LogP contribution < -0.4 is 0 Å². The Morgan fingerprint density at radius 1 is 1.20 bits per heavy atom. The van der Waals surface area contributed by atoms with E-state index in [1.54, 1.807) is 0 Å². The van der Waals surface area contributed by atoms with E-state index in [1.165, 1.54) is 17.1 Å². The van der Waals surface area contributed by atoms with Gasteiger partial charge in [-0.2, -0.15) is 5.10 Å². The summed E-state index contributed by atoms with van der Waals surface area (Å²) in [7, 11) is 0. The van der Waals surface area contributed by atoms with Gasteiger partial charge in [-0.3, -0.25) is 4.68 Å². The summed E-state index contributed by atoms with van der Waals surface area (Å²) in [5, 5.41) is 4.96. The molecule has 1 fully saturated rings. The number of halogens is 1. The fourth-order valence-electron chi connectivity index (χ4n) is 3.91. The number of hydrogen-bond acceptors (Lipinski definition) is 2. The van der Waals surface area contributed by atoms with Gasteiger partial charge in [-0.05, 0) is 44.9 Å². The smallest absolute Gasteiger partial charge is 0.159 e.